The fourth-order valence-electron chi connectivity index (χ4n) is 3.77. The van der Waals surface area contributed by atoms with E-state index in [1.807, 2.05) is 12.1 Å². The lowest BCUT2D eigenvalue weighted by molar-refractivity contribution is 0.435. The van der Waals surface area contributed by atoms with Gasteiger partial charge in [-0.1, -0.05) is 45.2 Å². The van der Waals surface area contributed by atoms with Crippen LogP contribution >= 0.6 is 31.9 Å². The zero-order valence-electron chi connectivity index (χ0n) is 15.2. The third-order valence-corrected chi connectivity index (χ3v) is 5.54. The largest absolute Gasteiger partial charge is 0.257 e. The Morgan fingerprint density at radius 1 is 1.12 bits per heavy atom. The fraction of sp³-hybridized carbons (Fsp3) is 0.409. The third kappa shape index (κ3) is 4.64. The molecule has 0 aliphatic heterocycles. The van der Waals surface area contributed by atoms with Crippen LogP contribution in [0.15, 0.2) is 33.7 Å². The summed E-state index contributed by atoms with van der Waals surface area (Å²) in [5.41, 5.74) is 5.54. The Labute approximate surface area is 172 Å². The molecule has 0 atom stereocenters. The molecule has 1 aromatic carbocycles. The Kier molecular flexibility index (Phi) is 6.68. The maximum atomic E-state index is 13.5. The van der Waals surface area contributed by atoms with Crippen molar-refractivity contribution in [1.29, 1.82) is 0 Å². The van der Waals surface area contributed by atoms with Crippen LogP contribution < -0.4 is 0 Å². The molecular formula is C22H24Br2FN. The Bertz CT molecular complexity index is 787. The van der Waals surface area contributed by atoms with E-state index in [9.17, 15) is 4.39 Å². The average Bonchev–Trinajstić information content (AvgIpc) is 2.62. The van der Waals surface area contributed by atoms with Crippen LogP contribution in [0.25, 0.3) is 17.2 Å². The van der Waals surface area contributed by atoms with Gasteiger partial charge in [-0.05, 0) is 86.0 Å². The third-order valence-electron chi connectivity index (χ3n) is 5.09. The Morgan fingerprint density at radius 3 is 2.35 bits per heavy atom. The summed E-state index contributed by atoms with van der Waals surface area (Å²) >= 11 is 7.00. The zero-order valence-corrected chi connectivity index (χ0v) is 18.4. The fourth-order valence-corrected chi connectivity index (χ4v) is 4.23. The van der Waals surface area contributed by atoms with Crippen LogP contribution in [0.4, 0.5) is 4.39 Å². The Morgan fingerprint density at radius 2 is 1.77 bits per heavy atom. The molecule has 2 aromatic rings. The van der Waals surface area contributed by atoms with Crippen molar-refractivity contribution >= 4 is 37.9 Å². The summed E-state index contributed by atoms with van der Waals surface area (Å²) in [6.07, 6.45) is 8.38. The lowest BCUT2D eigenvalue weighted by Crippen LogP contribution is -2.10. The molecule has 1 saturated carbocycles. The van der Waals surface area contributed by atoms with Crippen molar-refractivity contribution in [2.45, 2.75) is 57.8 Å². The van der Waals surface area contributed by atoms with Gasteiger partial charge in [0.25, 0.3) is 0 Å². The maximum absolute atomic E-state index is 13.5. The molecule has 0 unspecified atom stereocenters. The quantitative estimate of drug-likeness (QED) is 0.430. The summed E-state index contributed by atoms with van der Waals surface area (Å²) in [5.74, 6) is 0.632. The lowest BCUT2D eigenvalue weighted by atomic mass is 9.84. The van der Waals surface area contributed by atoms with E-state index < -0.39 is 0 Å². The summed E-state index contributed by atoms with van der Waals surface area (Å²) in [5, 5.41) is 0. The average molecular weight is 481 g/mol. The smallest absolute Gasteiger partial charge is 0.123 e. The molecule has 0 spiro atoms. The molecule has 3 rings (SSSR count). The topological polar surface area (TPSA) is 12.9 Å². The second-order valence-electron chi connectivity index (χ2n) is 7.32. The summed E-state index contributed by atoms with van der Waals surface area (Å²) in [7, 11) is 0. The molecule has 1 aromatic heterocycles. The summed E-state index contributed by atoms with van der Waals surface area (Å²) < 4.78 is 14.3. The lowest BCUT2D eigenvalue weighted by Gasteiger charge is -2.24. The molecule has 1 aliphatic rings. The van der Waals surface area contributed by atoms with Gasteiger partial charge in [-0.3, -0.25) is 4.98 Å². The molecular weight excluding hydrogens is 457 g/mol. The van der Waals surface area contributed by atoms with E-state index >= 15 is 0 Å². The van der Waals surface area contributed by atoms with Crippen molar-refractivity contribution in [3.63, 3.8) is 0 Å². The zero-order chi connectivity index (χ0) is 18.7. The van der Waals surface area contributed by atoms with Crippen molar-refractivity contribution in [3.05, 3.63) is 56.5 Å². The SMILES string of the molecule is CC(C)c1nc(C2CCCCC2)cc(-c2ccc(F)cc2)c1C=C(Br)Br. The van der Waals surface area contributed by atoms with Crippen molar-refractivity contribution in [3.8, 4) is 11.1 Å². The van der Waals surface area contributed by atoms with Gasteiger partial charge >= 0.3 is 0 Å². The van der Waals surface area contributed by atoms with Gasteiger partial charge in [-0.2, -0.15) is 0 Å². The predicted octanol–water partition coefficient (Wildman–Crippen LogP) is 8.15. The minimum absolute atomic E-state index is 0.210. The van der Waals surface area contributed by atoms with E-state index in [-0.39, 0.29) is 5.82 Å². The van der Waals surface area contributed by atoms with Gasteiger partial charge in [-0.15, -0.1) is 0 Å². The van der Waals surface area contributed by atoms with E-state index in [0.717, 1.165) is 25.8 Å². The molecule has 0 bridgehead atoms. The van der Waals surface area contributed by atoms with E-state index in [4.69, 9.17) is 4.98 Å². The molecule has 4 heteroatoms. The minimum Gasteiger partial charge on any atom is -0.257 e. The monoisotopic (exact) mass is 479 g/mol. The second-order valence-corrected chi connectivity index (χ2v) is 10.1. The van der Waals surface area contributed by atoms with Crippen LogP contribution in [-0.4, -0.2) is 4.98 Å². The van der Waals surface area contributed by atoms with Crippen LogP contribution in [0.2, 0.25) is 0 Å². The number of nitrogens with zero attached hydrogens (tertiary/aromatic N) is 1. The first-order valence-corrected chi connectivity index (χ1v) is 10.9. The van der Waals surface area contributed by atoms with Gasteiger partial charge < -0.3 is 0 Å². The standard InChI is InChI=1S/C22H24Br2FN/c1-14(2)22-19(13-21(23)24)18(15-8-10-17(25)11-9-15)12-20(26-22)16-6-4-3-5-7-16/h8-14,16H,3-7H2,1-2H3. The Balaban J connectivity index is 2.21. The summed E-state index contributed by atoms with van der Waals surface area (Å²) in [6.45, 7) is 4.36. The van der Waals surface area contributed by atoms with Crippen LogP contribution in [0, 0.1) is 5.82 Å². The van der Waals surface area contributed by atoms with E-state index in [1.165, 1.54) is 49.9 Å². The highest BCUT2D eigenvalue weighted by molar-refractivity contribution is 9.28. The van der Waals surface area contributed by atoms with Crippen molar-refractivity contribution in [2.75, 3.05) is 0 Å². The molecule has 26 heavy (non-hydrogen) atoms. The Hall–Kier alpha value is -1.00. The van der Waals surface area contributed by atoms with E-state index in [1.54, 1.807) is 0 Å². The minimum atomic E-state index is -0.210. The first-order chi connectivity index (χ1) is 12.5. The molecule has 1 fully saturated rings. The normalized spacial score (nSPS) is 15.3. The highest BCUT2D eigenvalue weighted by Crippen LogP contribution is 2.38. The van der Waals surface area contributed by atoms with Gasteiger partial charge in [0.1, 0.15) is 5.82 Å². The predicted molar refractivity (Wildman–Crippen MR) is 115 cm³/mol. The van der Waals surface area contributed by atoms with Crippen molar-refractivity contribution in [1.82, 2.24) is 4.98 Å². The van der Waals surface area contributed by atoms with E-state index in [0.29, 0.717) is 11.8 Å². The molecule has 0 saturated heterocycles. The number of aromatic nitrogens is 1. The van der Waals surface area contributed by atoms with Crippen LogP contribution in [0.1, 0.15) is 74.7 Å². The highest BCUT2D eigenvalue weighted by atomic mass is 79.9. The number of hydrogen-bond donors (Lipinski definition) is 0. The molecule has 138 valence electrons. The number of rotatable bonds is 4. The van der Waals surface area contributed by atoms with Gasteiger partial charge in [0.15, 0.2) is 0 Å². The number of halogens is 3. The molecule has 1 heterocycles. The van der Waals surface area contributed by atoms with Crippen LogP contribution in [-0.2, 0) is 0 Å². The maximum Gasteiger partial charge on any atom is 0.123 e. The molecule has 0 amide bonds. The van der Waals surface area contributed by atoms with Crippen LogP contribution in [0.5, 0.6) is 0 Å². The molecule has 0 N–H and O–H groups in total. The van der Waals surface area contributed by atoms with E-state index in [2.05, 4.69) is 57.8 Å². The molecule has 1 nitrogen and oxygen atoms in total. The second kappa shape index (κ2) is 8.79. The molecule has 1 aliphatic carbocycles. The van der Waals surface area contributed by atoms with Gasteiger partial charge in [-0.25, -0.2) is 4.39 Å². The number of pyridine rings is 1. The number of hydrogen-bond acceptors (Lipinski definition) is 1. The highest BCUT2D eigenvalue weighted by Gasteiger charge is 2.22. The first kappa shape index (κ1) is 19.8. The summed E-state index contributed by atoms with van der Waals surface area (Å²) in [6, 6.07) is 9.01. The molecule has 0 radical (unpaired) electrons. The van der Waals surface area contributed by atoms with Gasteiger partial charge in [0, 0.05) is 17.2 Å². The summed E-state index contributed by atoms with van der Waals surface area (Å²) in [4.78, 5) is 5.09. The first-order valence-electron chi connectivity index (χ1n) is 9.29. The van der Waals surface area contributed by atoms with Gasteiger partial charge in [0.2, 0.25) is 0 Å². The van der Waals surface area contributed by atoms with Crippen molar-refractivity contribution < 1.29 is 4.39 Å². The number of benzene rings is 1. The van der Waals surface area contributed by atoms with Crippen molar-refractivity contribution in [2.24, 2.45) is 0 Å². The van der Waals surface area contributed by atoms with Gasteiger partial charge in [0.05, 0.1) is 9.09 Å². The van der Waals surface area contributed by atoms with Crippen LogP contribution in [0.3, 0.4) is 0 Å².